The Kier molecular flexibility index (Phi) is 4.65. The van der Waals surface area contributed by atoms with Gasteiger partial charge >= 0.3 is 5.69 Å². The van der Waals surface area contributed by atoms with Crippen molar-refractivity contribution >= 4 is 11.6 Å². The minimum atomic E-state index is -0.698. The van der Waals surface area contributed by atoms with Gasteiger partial charge in [0.05, 0.1) is 4.92 Å². The van der Waals surface area contributed by atoms with Crippen LogP contribution in [0, 0.1) is 16.0 Å². The maximum Gasteiger partial charge on any atom is 0.310 e. The number of nitro groups is 1. The first-order valence-electron chi connectivity index (χ1n) is 5.71. The number of aromatic hydroxyl groups is 1. The lowest BCUT2D eigenvalue weighted by atomic mass is 10.1. The van der Waals surface area contributed by atoms with E-state index in [9.17, 15) is 20.0 Å². The number of benzene rings is 1. The number of phenols is 1. The molecular weight excluding hydrogens is 236 g/mol. The van der Waals surface area contributed by atoms with E-state index >= 15 is 0 Å². The summed E-state index contributed by atoms with van der Waals surface area (Å²) in [7, 11) is 0. The lowest BCUT2D eigenvalue weighted by Gasteiger charge is -2.10. The second kappa shape index (κ2) is 6.00. The van der Waals surface area contributed by atoms with E-state index in [2.05, 4.69) is 5.32 Å². The standard InChI is InChI=1S/C12H16N2O4/c1-3-8(2)7-13-12(16)9-4-5-10(14(17)18)11(15)6-9/h4-6,8,15H,3,7H2,1-2H3,(H,13,16). The van der Waals surface area contributed by atoms with Crippen LogP contribution >= 0.6 is 0 Å². The fourth-order valence-corrected chi connectivity index (χ4v) is 1.33. The third-order valence-corrected chi connectivity index (χ3v) is 2.74. The molecule has 0 saturated carbocycles. The number of nitrogens with zero attached hydrogens (tertiary/aromatic N) is 1. The van der Waals surface area contributed by atoms with E-state index < -0.39 is 16.4 Å². The van der Waals surface area contributed by atoms with E-state index in [0.717, 1.165) is 18.6 Å². The second-order valence-electron chi connectivity index (χ2n) is 4.18. The van der Waals surface area contributed by atoms with Crippen molar-refractivity contribution in [2.24, 2.45) is 5.92 Å². The Morgan fingerprint density at radius 2 is 2.22 bits per heavy atom. The highest BCUT2D eigenvalue weighted by molar-refractivity contribution is 5.95. The quantitative estimate of drug-likeness (QED) is 0.619. The summed E-state index contributed by atoms with van der Waals surface area (Å²) in [6, 6.07) is 3.54. The van der Waals surface area contributed by atoms with Crippen molar-refractivity contribution < 1.29 is 14.8 Å². The van der Waals surface area contributed by atoms with E-state index in [0.29, 0.717) is 12.5 Å². The minimum Gasteiger partial charge on any atom is -0.502 e. The summed E-state index contributed by atoms with van der Waals surface area (Å²) >= 11 is 0. The molecule has 0 aliphatic rings. The van der Waals surface area contributed by atoms with Gasteiger partial charge in [0.15, 0.2) is 5.75 Å². The average Bonchev–Trinajstić information content (AvgIpc) is 2.34. The number of nitro benzene ring substituents is 1. The van der Waals surface area contributed by atoms with Gasteiger partial charge in [-0.1, -0.05) is 20.3 Å². The summed E-state index contributed by atoms with van der Waals surface area (Å²) in [5.41, 5.74) is -0.199. The first kappa shape index (κ1) is 14.0. The van der Waals surface area contributed by atoms with E-state index in [1.165, 1.54) is 6.07 Å². The number of carbonyl (C=O) groups excluding carboxylic acids is 1. The molecule has 1 rings (SSSR count). The highest BCUT2D eigenvalue weighted by atomic mass is 16.6. The van der Waals surface area contributed by atoms with Crippen LogP contribution in [0.2, 0.25) is 0 Å². The third-order valence-electron chi connectivity index (χ3n) is 2.74. The second-order valence-corrected chi connectivity index (χ2v) is 4.18. The molecule has 0 bridgehead atoms. The van der Waals surface area contributed by atoms with Gasteiger partial charge in [-0.05, 0) is 18.1 Å². The van der Waals surface area contributed by atoms with Crippen molar-refractivity contribution in [1.29, 1.82) is 0 Å². The highest BCUT2D eigenvalue weighted by Gasteiger charge is 2.16. The SMILES string of the molecule is CCC(C)CNC(=O)c1ccc([N+](=O)[O-])c(O)c1. The van der Waals surface area contributed by atoms with Gasteiger partial charge in [-0.25, -0.2) is 0 Å². The Hall–Kier alpha value is -2.11. The molecule has 0 aromatic heterocycles. The Morgan fingerprint density at radius 1 is 1.56 bits per heavy atom. The lowest BCUT2D eigenvalue weighted by Crippen LogP contribution is -2.27. The average molecular weight is 252 g/mol. The number of nitrogens with one attached hydrogen (secondary N) is 1. The maximum atomic E-state index is 11.7. The number of phenolic OH excluding ortho intramolecular Hbond substituents is 1. The Morgan fingerprint density at radius 3 is 2.72 bits per heavy atom. The van der Waals surface area contributed by atoms with Crippen molar-refractivity contribution in [3.05, 3.63) is 33.9 Å². The summed E-state index contributed by atoms with van der Waals surface area (Å²) in [6.07, 6.45) is 0.950. The van der Waals surface area contributed by atoms with Crippen LogP contribution in [0.3, 0.4) is 0 Å². The monoisotopic (exact) mass is 252 g/mol. The van der Waals surface area contributed by atoms with Gasteiger partial charge in [0.1, 0.15) is 0 Å². The van der Waals surface area contributed by atoms with E-state index in [4.69, 9.17) is 0 Å². The minimum absolute atomic E-state index is 0.210. The molecule has 1 unspecified atom stereocenters. The van der Waals surface area contributed by atoms with Gasteiger partial charge < -0.3 is 10.4 Å². The molecule has 0 radical (unpaired) electrons. The van der Waals surface area contributed by atoms with E-state index in [-0.39, 0.29) is 11.5 Å². The number of rotatable bonds is 5. The van der Waals surface area contributed by atoms with Gasteiger partial charge in [-0.15, -0.1) is 0 Å². The topological polar surface area (TPSA) is 92.5 Å². The molecule has 1 aromatic rings. The number of carbonyl (C=O) groups is 1. The molecule has 6 heteroatoms. The van der Waals surface area contributed by atoms with Crippen LogP contribution in [0.5, 0.6) is 5.75 Å². The molecule has 0 fully saturated rings. The first-order valence-corrected chi connectivity index (χ1v) is 5.71. The zero-order valence-corrected chi connectivity index (χ0v) is 10.3. The molecule has 98 valence electrons. The summed E-state index contributed by atoms with van der Waals surface area (Å²) in [5.74, 6) is -0.489. The summed E-state index contributed by atoms with van der Waals surface area (Å²) in [5, 5.41) is 22.6. The highest BCUT2D eigenvalue weighted by Crippen LogP contribution is 2.26. The molecule has 1 atom stereocenters. The molecule has 2 N–H and O–H groups in total. The summed E-state index contributed by atoms with van der Waals surface area (Å²) < 4.78 is 0. The van der Waals surface area contributed by atoms with Crippen molar-refractivity contribution in [3.8, 4) is 5.75 Å². The van der Waals surface area contributed by atoms with Crippen LogP contribution in [0.4, 0.5) is 5.69 Å². The van der Waals surface area contributed by atoms with Gasteiger partial charge in [-0.2, -0.15) is 0 Å². The predicted molar refractivity (Wildman–Crippen MR) is 66.5 cm³/mol. The molecule has 0 spiro atoms. The van der Waals surface area contributed by atoms with Gasteiger partial charge in [0, 0.05) is 18.2 Å². The predicted octanol–water partition coefficient (Wildman–Crippen LogP) is 2.08. The van der Waals surface area contributed by atoms with Gasteiger partial charge in [-0.3, -0.25) is 14.9 Å². The Balaban J connectivity index is 2.76. The van der Waals surface area contributed by atoms with Gasteiger partial charge in [0.2, 0.25) is 0 Å². The molecule has 18 heavy (non-hydrogen) atoms. The van der Waals surface area contributed by atoms with Crippen LogP contribution in [-0.2, 0) is 0 Å². The van der Waals surface area contributed by atoms with Gasteiger partial charge in [0.25, 0.3) is 5.91 Å². The number of amides is 1. The molecule has 1 amide bonds. The molecule has 6 nitrogen and oxygen atoms in total. The zero-order valence-electron chi connectivity index (χ0n) is 10.3. The normalized spacial score (nSPS) is 11.9. The van der Waals surface area contributed by atoms with E-state index in [1.54, 1.807) is 0 Å². The zero-order chi connectivity index (χ0) is 13.7. The summed E-state index contributed by atoms with van der Waals surface area (Å²) in [4.78, 5) is 21.5. The van der Waals surface area contributed by atoms with Crippen LogP contribution < -0.4 is 5.32 Å². The van der Waals surface area contributed by atoms with Crippen molar-refractivity contribution in [1.82, 2.24) is 5.32 Å². The Bertz CT molecular complexity index is 459. The smallest absolute Gasteiger partial charge is 0.310 e. The maximum absolute atomic E-state index is 11.7. The molecule has 1 aromatic carbocycles. The Labute approximate surface area is 105 Å². The third kappa shape index (κ3) is 3.44. The molecular formula is C12H16N2O4. The molecule has 0 heterocycles. The fraction of sp³-hybridized carbons (Fsp3) is 0.417. The van der Waals surface area contributed by atoms with Crippen LogP contribution in [0.1, 0.15) is 30.6 Å². The molecule has 0 aliphatic heterocycles. The van der Waals surface area contributed by atoms with Crippen molar-refractivity contribution in [2.75, 3.05) is 6.54 Å². The van der Waals surface area contributed by atoms with Crippen LogP contribution in [-0.4, -0.2) is 22.5 Å². The van der Waals surface area contributed by atoms with Crippen LogP contribution in [0.15, 0.2) is 18.2 Å². The van der Waals surface area contributed by atoms with Crippen molar-refractivity contribution in [3.63, 3.8) is 0 Å². The summed E-state index contributed by atoms with van der Waals surface area (Å²) in [6.45, 7) is 4.56. The largest absolute Gasteiger partial charge is 0.502 e. The number of hydrogen-bond acceptors (Lipinski definition) is 4. The molecule has 0 saturated heterocycles. The van der Waals surface area contributed by atoms with Crippen molar-refractivity contribution in [2.45, 2.75) is 20.3 Å². The fourth-order valence-electron chi connectivity index (χ4n) is 1.33. The first-order chi connectivity index (χ1) is 8.45. The molecule has 0 aliphatic carbocycles. The van der Waals surface area contributed by atoms with E-state index in [1.807, 2.05) is 13.8 Å². The van der Waals surface area contributed by atoms with Crippen LogP contribution in [0.25, 0.3) is 0 Å². The number of hydrogen-bond donors (Lipinski definition) is 2. The lowest BCUT2D eigenvalue weighted by molar-refractivity contribution is -0.385.